The van der Waals surface area contributed by atoms with Crippen molar-refractivity contribution in [3.63, 3.8) is 0 Å². The molecule has 7 nitrogen and oxygen atoms in total. The van der Waals surface area contributed by atoms with Crippen molar-refractivity contribution in [1.29, 1.82) is 0 Å². The number of ether oxygens (including phenoxy) is 2. The topological polar surface area (TPSA) is 93.6 Å². The van der Waals surface area contributed by atoms with E-state index in [0.29, 0.717) is 29.5 Å². The maximum Gasteiger partial charge on any atom is 0.341 e. The number of nitrogens with zero attached hydrogens (tertiary/aromatic N) is 2. The molecule has 2 N–H and O–H groups in total. The summed E-state index contributed by atoms with van der Waals surface area (Å²) >= 11 is 0. The third kappa shape index (κ3) is 2.93. The number of para-hydroxylation sites is 1. The molecular weight excluding hydrogens is 286 g/mol. The van der Waals surface area contributed by atoms with Crippen LogP contribution in [0.15, 0.2) is 24.4 Å². The van der Waals surface area contributed by atoms with Crippen molar-refractivity contribution in [3.8, 4) is 22.9 Å². The van der Waals surface area contributed by atoms with Gasteiger partial charge in [-0.3, -0.25) is 0 Å². The second kappa shape index (κ2) is 6.75. The van der Waals surface area contributed by atoms with E-state index in [2.05, 4.69) is 15.3 Å². The first-order valence-electron chi connectivity index (χ1n) is 6.70. The van der Waals surface area contributed by atoms with E-state index in [-0.39, 0.29) is 11.4 Å². The number of aromatic carboxylic acids is 1. The van der Waals surface area contributed by atoms with Crippen LogP contribution in [0.4, 0.5) is 5.82 Å². The molecule has 0 aliphatic carbocycles. The van der Waals surface area contributed by atoms with Gasteiger partial charge in [-0.15, -0.1) is 0 Å². The van der Waals surface area contributed by atoms with Crippen molar-refractivity contribution in [1.82, 2.24) is 9.97 Å². The van der Waals surface area contributed by atoms with E-state index < -0.39 is 5.97 Å². The predicted molar refractivity (Wildman–Crippen MR) is 81.7 cm³/mol. The molecule has 0 saturated carbocycles. The molecule has 116 valence electrons. The van der Waals surface area contributed by atoms with Crippen LogP contribution in [-0.2, 0) is 0 Å². The van der Waals surface area contributed by atoms with E-state index in [1.165, 1.54) is 6.20 Å². The van der Waals surface area contributed by atoms with Gasteiger partial charge in [-0.05, 0) is 19.1 Å². The van der Waals surface area contributed by atoms with Gasteiger partial charge in [0.1, 0.15) is 11.4 Å². The highest BCUT2D eigenvalue weighted by Gasteiger charge is 2.18. The van der Waals surface area contributed by atoms with Gasteiger partial charge < -0.3 is 19.9 Å². The minimum atomic E-state index is -1.09. The monoisotopic (exact) mass is 303 g/mol. The molecule has 0 radical (unpaired) electrons. The SMILES string of the molecule is CCOc1c(OC)cccc1-c1ncc(C(=O)O)c(NC)n1. The fourth-order valence-electron chi connectivity index (χ4n) is 2.00. The number of nitrogens with one attached hydrogen (secondary N) is 1. The Hall–Kier alpha value is -2.83. The Morgan fingerprint density at radius 2 is 2.18 bits per heavy atom. The number of anilines is 1. The summed E-state index contributed by atoms with van der Waals surface area (Å²) in [5, 5.41) is 11.9. The first-order valence-corrected chi connectivity index (χ1v) is 6.70. The first-order chi connectivity index (χ1) is 10.6. The number of methoxy groups -OCH3 is 1. The molecule has 2 aromatic rings. The molecule has 0 unspecified atom stereocenters. The van der Waals surface area contributed by atoms with Crippen LogP contribution in [0.5, 0.6) is 11.5 Å². The number of benzene rings is 1. The average Bonchev–Trinajstić information content (AvgIpc) is 2.54. The Morgan fingerprint density at radius 3 is 2.77 bits per heavy atom. The van der Waals surface area contributed by atoms with Crippen molar-refractivity contribution >= 4 is 11.8 Å². The molecule has 1 aromatic heterocycles. The largest absolute Gasteiger partial charge is 0.493 e. The summed E-state index contributed by atoms with van der Waals surface area (Å²) in [6.45, 7) is 2.32. The third-order valence-corrected chi connectivity index (χ3v) is 2.98. The number of carboxylic acid groups (broad SMARTS) is 1. The van der Waals surface area contributed by atoms with Gasteiger partial charge in [0.05, 0.1) is 19.3 Å². The van der Waals surface area contributed by atoms with Gasteiger partial charge >= 0.3 is 5.97 Å². The minimum absolute atomic E-state index is 0.00658. The molecule has 1 aromatic carbocycles. The molecule has 0 atom stereocenters. The van der Waals surface area contributed by atoms with E-state index in [9.17, 15) is 4.79 Å². The van der Waals surface area contributed by atoms with Gasteiger partial charge in [0, 0.05) is 13.2 Å². The molecule has 7 heteroatoms. The normalized spacial score (nSPS) is 10.1. The van der Waals surface area contributed by atoms with Crippen LogP contribution in [-0.4, -0.2) is 41.8 Å². The lowest BCUT2D eigenvalue weighted by molar-refractivity contribution is 0.0697. The zero-order valence-corrected chi connectivity index (χ0v) is 12.6. The third-order valence-electron chi connectivity index (χ3n) is 2.98. The number of carbonyl (C=O) groups is 1. The molecule has 0 fully saturated rings. The Kier molecular flexibility index (Phi) is 4.77. The summed E-state index contributed by atoms with van der Waals surface area (Å²) in [5.41, 5.74) is 0.641. The summed E-state index contributed by atoms with van der Waals surface area (Å²) in [6.07, 6.45) is 1.27. The molecule has 0 aliphatic heterocycles. The molecule has 0 aliphatic rings. The summed E-state index contributed by atoms with van der Waals surface area (Å²) in [5.74, 6) is 0.597. The van der Waals surface area contributed by atoms with Gasteiger partial charge in [-0.1, -0.05) is 6.07 Å². The Morgan fingerprint density at radius 1 is 1.41 bits per heavy atom. The van der Waals surface area contributed by atoms with Crippen molar-refractivity contribution < 1.29 is 19.4 Å². The van der Waals surface area contributed by atoms with Crippen LogP contribution in [0.1, 0.15) is 17.3 Å². The summed E-state index contributed by atoms with van der Waals surface area (Å²) in [6, 6.07) is 5.37. The van der Waals surface area contributed by atoms with Gasteiger partial charge in [0.25, 0.3) is 0 Å². The molecule has 2 rings (SSSR count). The van der Waals surface area contributed by atoms with Crippen molar-refractivity contribution in [2.75, 3.05) is 26.1 Å². The van der Waals surface area contributed by atoms with Crippen molar-refractivity contribution in [2.45, 2.75) is 6.92 Å². The van der Waals surface area contributed by atoms with Gasteiger partial charge in [-0.2, -0.15) is 0 Å². The molecule has 1 heterocycles. The maximum atomic E-state index is 11.1. The second-order valence-corrected chi connectivity index (χ2v) is 4.28. The quantitative estimate of drug-likeness (QED) is 0.845. The molecular formula is C15H17N3O4. The van der Waals surface area contributed by atoms with Crippen LogP contribution in [0.25, 0.3) is 11.4 Å². The lowest BCUT2D eigenvalue weighted by Gasteiger charge is -2.14. The van der Waals surface area contributed by atoms with E-state index in [0.717, 1.165) is 0 Å². The summed E-state index contributed by atoms with van der Waals surface area (Å²) in [7, 11) is 3.16. The summed E-state index contributed by atoms with van der Waals surface area (Å²) < 4.78 is 10.9. The Bertz CT molecular complexity index is 688. The smallest absolute Gasteiger partial charge is 0.341 e. The van der Waals surface area contributed by atoms with Crippen LogP contribution in [0, 0.1) is 0 Å². The van der Waals surface area contributed by atoms with Crippen LogP contribution in [0.2, 0.25) is 0 Å². The fraction of sp³-hybridized carbons (Fsp3) is 0.267. The van der Waals surface area contributed by atoms with E-state index >= 15 is 0 Å². The van der Waals surface area contributed by atoms with Gasteiger partial charge in [0.15, 0.2) is 17.3 Å². The van der Waals surface area contributed by atoms with Crippen molar-refractivity contribution in [2.24, 2.45) is 0 Å². The second-order valence-electron chi connectivity index (χ2n) is 4.28. The Balaban J connectivity index is 2.59. The lowest BCUT2D eigenvalue weighted by Crippen LogP contribution is -2.07. The molecule has 0 spiro atoms. The zero-order chi connectivity index (χ0) is 16.1. The summed E-state index contributed by atoms with van der Waals surface area (Å²) in [4.78, 5) is 19.5. The average molecular weight is 303 g/mol. The number of aromatic nitrogens is 2. The zero-order valence-electron chi connectivity index (χ0n) is 12.6. The number of carboxylic acids is 1. The molecule has 22 heavy (non-hydrogen) atoms. The molecule has 0 bridgehead atoms. The van der Waals surface area contributed by atoms with Gasteiger partial charge in [-0.25, -0.2) is 14.8 Å². The first kappa shape index (κ1) is 15.6. The highest BCUT2D eigenvalue weighted by molar-refractivity contribution is 5.93. The van der Waals surface area contributed by atoms with E-state index in [1.807, 2.05) is 6.92 Å². The standard InChI is InChI=1S/C15H17N3O4/c1-4-22-12-9(6-5-7-11(12)21-3)14-17-8-10(15(19)20)13(16-2)18-14/h5-8H,4H2,1-3H3,(H,19,20)(H,16,17,18). The van der Waals surface area contributed by atoms with E-state index in [4.69, 9.17) is 14.6 Å². The van der Waals surface area contributed by atoms with Crippen LogP contribution in [0.3, 0.4) is 0 Å². The highest BCUT2D eigenvalue weighted by atomic mass is 16.5. The fourth-order valence-corrected chi connectivity index (χ4v) is 2.00. The maximum absolute atomic E-state index is 11.1. The minimum Gasteiger partial charge on any atom is -0.493 e. The van der Waals surface area contributed by atoms with Crippen LogP contribution >= 0.6 is 0 Å². The highest BCUT2D eigenvalue weighted by Crippen LogP contribution is 2.37. The number of hydrogen-bond acceptors (Lipinski definition) is 6. The molecule has 0 amide bonds. The van der Waals surface area contributed by atoms with Crippen LogP contribution < -0.4 is 14.8 Å². The number of rotatable bonds is 6. The predicted octanol–water partition coefficient (Wildman–Crippen LogP) is 2.29. The molecule has 0 saturated heterocycles. The Labute approximate surface area is 127 Å². The lowest BCUT2D eigenvalue weighted by atomic mass is 10.1. The van der Waals surface area contributed by atoms with Crippen molar-refractivity contribution in [3.05, 3.63) is 30.0 Å². The van der Waals surface area contributed by atoms with Gasteiger partial charge in [0.2, 0.25) is 0 Å². The number of hydrogen-bond donors (Lipinski definition) is 2. The van der Waals surface area contributed by atoms with E-state index in [1.54, 1.807) is 32.4 Å².